The Balaban J connectivity index is 1.73. The van der Waals surface area contributed by atoms with E-state index >= 15 is 0 Å². The quantitative estimate of drug-likeness (QED) is 0.780. The predicted molar refractivity (Wildman–Crippen MR) is 78.5 cm³/mol. The number of nitrogens with one attached hydrogen (secondary N) is 1. The van der Waals surface area contributed by atoms with Crippen molar-refractivity contribution in [2.75, 3.05) is 19.7 Å². The van der Waals surface area contributed by atoms with Gasteiger partial charge in [0.15, 0.2) is 0 Å². The maximum Gasteiger partial charge on any atom is 0.0794 e. The van der Waals surface area contributed by atoms with E-state index in [0.717, 1.165) is 32.0 Å². The molecule has 0 aromatic carbocycles. The van der Waals surface area contributed by atoms with Crippen LogP contribution in [0.25, 0.3) is 0 Å². The van der Waals surface area contributed by atoms with E-state index in [2.05, 4.69) is 22.6 Å². The number of ether oxygens (including phenoxy) is 1. The van der Waals surface area contributed by atoms with Gasteiger partial charge in [0.1, 0.15) is 0 Å². The second-order valence-electron chi connectivity index (χ2n) is 6.07. The minimum atomic E-state index is 0.282. The van der Waals surface area contributed by atoms with E-state index < -0.39 is 0 Å². The molecule has 2 heterocycles. The third-order valence-electron chi connectivity index (χ3n) is 4.47. The summed E-state index contributed by atoms with van der Waals surface area (Å²) in [6.45, 7) is 5.35. The topological polar surface area (TPSA) is 34.2 Å². The lowest BCUT2D eigenvalue weighted by Crippen LogP contribution is -2.43. The van der Waals surface area contributed by atoms with E-state index in [1.165, 1.54) is 31.4 Å². The molecule has 0 spiro atoms. The van der Waals surface area contributed by atoms with Crippen LogP contribution in [-0.2, 0) is 11.2 Å². The molecule has 2 aliphatic rings. The second-order valence-corrected chi connectivity index (χ2v) is 6.79. The second kappa shape index (κ2) is 5.90. The van der Waals surface area contributed by atoms with E-state index in [0.29, 0.717) is 6.10 Å². The summed E-state index contributed by atoms with van der Waals surface area (Å²) in [5, 5.41) is 5.84. The molecule has 2 atom stereocenters. The molecule has 19 heavy (non-hydrogen) atoms. The first-order valence-electron chi connectivity index (χ1n) is 7.53. The fourth-order valence-electron chi connectivity index (χ4n) is 3.38. The highest BCUT2D eigenvalue weighted by molar-refractivity contribution is 7.07. The molecule has 1 saturated carbocycles. The van der Waals surface area contributed by atoms with Crippen LogP contribution < -0.4 is 5.32 Å². The number of hydrogen-bond acceptors (Lipinski definition) is 4. The number of aromatic nitrogens is 1. The summed E-state index contributed by atoms with van der Waals surface area (Å²) in [4.78, 5) is 4.50. The van der Waals surface area contributed by atoms with Crippen LogP contribution in [0.1, 0.15) is 38.3 Å². The summed E-state index contributed by atoms with van der Waals surface area (Å²) >= 11 is 1.70. The van der Waals surface area contributed by atoms with E-state index in [-0.39, 0.29) is 5.41 Å². The third-order valence-corrected chi connectivity index (χ3v) is 5.11. The van der Waals surface area contributed by atoms with Gasteiger partial charge in [-0.15, -0.1) is 11.3 Å². The van der Waals surface area contributed by atoms with Crippen molar-refractivity contribution in [2.45, 2.75) is 45.1 Å². The average Bonchev–Trinajstić information content (AvgIpc) is 2.97. The molecule has 1 aromatic rings. The third kappa shape index (κ3) is 3.01. The van der Waals surface area contributed by atoms with Crippen molar-refractivity contribution < 1.29 is 4.74 Å². The van der Waals surface area contributed by atoms with Crippen LogP contribution in [0.2, 0.25) is 0 Å². The van der Waals surface area contributed by atoms with Crippen molar-refractivity contribution >= 4 is 11.3 Å². The first-order chi connectivity index (χ1) is 9.34. The Morgan fingerprint density at radius 2 is 2.42 bits per heavy atom. The molecule has 3 rings (SSSR count). The van der Waals surface area contributed by atoms with Crippen LogP contribution in [0.4, 0.5) is 0 Å². The lowest BCUT2D eigenvalue weighted by Gasteiger charge is -2.34. The Labute approximate surface area is 119 Å². The Morgan fingerprint density at radius 3 is 3.11 bits per heavy atom. The molecule has 0 radical (unpaired) electrons. The van der Waals surface area contributed by atoms with Crippen LogP contribution in [0.3, 0.4) is 0 Å². The molecule has 1 aromatic heterocycles. The lowest BCUT2D eigenvalue weighted by atomic mass is 9.75. The zero-order valence-electron chi connectivity index (χ0n) is 11.7. The molecule has 2 unspecified atom stereocenters. The number of hydrogen-bond donors (Lipinski definition) is 1. The maximum absolute atomic E-state index is 6.11. The van der Waals surface area contributed by atoms with E-state index in [4.69, 9.17) is 4.74 Å². The Morgan fingerprint density at radius 1 is 1.53 bits per heavy atom. The van der Waals surface area contributed by atoms with Gasteiger partial charge < -0.3 is 10.1 Å². The van der Waals surface area contributed by atoms with E-state index in [1.807, 2.05) is 5.51 Å². The molecule has 0 bridgehead atoms. The van der Waals surface area contributed by atoms with Gasteiger partial charge in [0, 0.05) is 23.9 Å². The van der Waals surface area contributed by atoms with Gasteiger partial charge >= 0.3 is 0 Å². The molecule has 1 N–H and O–H groups in total. The van der Waals surface area contributed by atoms with Gasteiger partial charge in [-0.05, 0) is 44.6 Å². The van der Waals surface area contributed by atoms with Gasteiger partial charge in [-0.25, -0.2) is 4.98 Å². The largest absolute Gasteiger partial charge is 0.377 e. The Hall–Kier alpha value is -0.450. The number of thiazole rings is 1. The van der Waals surface area contributed by atoms with Gasteiger partial charge in [-0.2, -0.15) is 0 Å². The maximum atomic E-state index is 6.11. The smallest absolute Gasteiger partial charge is 0.0794 e. The molecule has 1 saturated heterocycles. The highest BCUT2D eigenvalue weighted by atomic mass is 32.1. The summed E-state index contributed by atoms with van der Waals surface area (Å²) < 4.78 is 6.11. The van der Waals surface area contributed by atoms with Crippen LogP contribution in [-0.4, -0.2) is 30.8 Å². The van der Waals surface area contributed by atoms with Crippen LogP contribution in [0.5, 0.6) is 0 Å². The summed E-state index contributed by atoms with van der Waals surface area (Å²) in [5.74, 6) is 0.810. The summed E-state index contributed by atoms with van der Waals surface area (Å²) in [6.07, 6.45) is 6.63. The van der Waals surface area contributed by atoms with Crippen molar-refractivity contribution in [3.63, 3.8) is 0 Å². The highest BCUT2D eigenvalue weighted by Gasteiger charge is 2.50. The minimum Gasteiger partial charge on any atom is -0.377 e. The van der Waals surface area contributed by atoms with Crippen molar-refractivity contribution in [1.29, 1.82) is 0 Å². The van der Waals surface area contributed by atoms with E-state index in [9.17, 15) is 0 Å². The zero-order chi connectivity index (χ0) is 13.1. The Bertz CT molecular complexity index is 391. The Kier molecular flexibility index (Phi) is 4.20. The molecular formula is C15H24N2OS. The summed E-state index contributed by atoms with van der Waals surface area (Å²) in [7, 11) is 0. The zero-order valence-corrected chi connectivity index (χ0v) is 12.5. The molecule has 1 aliphatic heterocycles. The monoisotopic (exact) mass is 280 g/mol. The SMILES string of the molecule is CCCNCC1(Cc2cscn2)CCOC1C1CC1. The molecule has 106 valence electrons. The van der Waals surface area contributed by atoms with E-state index in [1.54, 1.807) is 11.3 Å². The molecule has 4 heteroatoms. The van der Waals surface area contributed by atoms with Crippen LogP contribution >= 0.6 is 11.3 Å². The van der Waals surface area contributed by atoms with Gasteiger partial charge in [-0.3, -0.25) is 0 Å². The minimum absolute atomic E-state index is 0.282. The molecule has 2 fully saturated rings. The van der Waals surface area contributed by atoms with Crippen molar-refractivity contribution in [2.24, 2.45) is 11.3 Å². The molecular weight excluding hydrogens is 256 g/mol. The molecule has 3 nitrogen and oxygen atoms in total. The first kappa shape index (κ1) is 13.5. The van der Waals surface area contributed by atoms with Gasteiger partial charge in [0.05, 0.1) is 17.3 Å². The number of nitrogens with zero attached hydrogens (tertiary/aromatic N) is 1. The van der Waals surface area contributed by atoms with Gasteiger partial charge in [0.25, 0.3) is 0 Å². The summed E-state index contributed by atoms with van der Waals surface area (Å²) in [6, 6.07) is 0. The van der Waals surface area contributed by atoms with Gasteiger partial charge in [-0.1, -0.05) is 6.92 Å². The van der Waals surface area contributed by atoms with Gasteiger partial charge in [0.2, 0.25) is 0 Å². The fourth-order valence-corrected chi connectivity index (χ4v) is 3.94. The van der Waals surface area contributed by atoms with Crippen LogP contribution in [0.15, 0.2) is 10.9 Å². The standard InChI is InChI=1S/C15H24N2OS/c1-2-6-16-10-15(8-13-9-19-11-17-13)5-7-18-14(15)12-3-4-12/h9,11-12,14,16H,2-8,10H2,1H3. The predicted octanol–water partition coefficient (Wildman–Crippen LogP) is 2.87. The van der Waals surface area contributed by atoms with Crippen molar-refractivity contribution in [3.8, 4) is 0 Å². The highest BCUT2D eigenvalue weighted by Crippen LogP contribution is 2.49. The normalized spacial score (nSPS) is 30.9. The van der Waals surface area contributed by atoms with Crippen molar-refractivity contribution in [3.05, 3.63) is 16.6 Å². The number of rotatable bonds is 7. The molecule has 0 amide bonds. The molecule has 1 aliphatic carbocycles. The van der Waals surface area contributed by atoms with Crippen LogP contribution in [0, 0.1) is 11.3 Å². The van der Waals surface area contributed by atoms with Crippen molar-refractivity contribution in [1.82, 2.24) is 10.3 Å². The lowest BCUT2D eigenvalue weighted by molar-refractivity contribution is 0.0303. The fraction of sp³-hybridized carbons (Fsp3) is 0.800. The summed E-state index contributed by atoms with van der Waals surface area (Å²) in [5.41, 5.74) is 3.48. The first-order valence-corrected chi connectivity index (χ1v) is 8.48. The average molecular weight is 280 g/mol.